The summed E-state index contributed by atoms with van der Waals surface area (Å²) in [6.45, 7) is 1.56. The second-order valence-electron chi connectivity index (χ2n) is 4.55. The third-order valence-electron chi connectivity index (χ3n) is 3.27. The summed E-state index contributed by atoms with van der Waals surface area (Å²) in [4.78, 5) is 23.7. The van der Waals surface area contributed by atoms with Crippen molar-refractivity contribution in [3.63, 3.8) is 0 Å². The van der Waals surface area contributed by atoms with Crippen molar-refractivity contribution in [1.82, 2.24) is 14.9 Å². The number of nitrogens with zero attached hydrogens (tertiary/aromatic N) is 3. The van der Waals surface area contributed by atoms with Crippen LogP contribution in [-0.4, -0.2) is 39.6 Å². The van der Waals surface area contributed by atoms with Crippen LogP contribution < -0.4 is 0 Å². The zero-order chi connectivity index (χ0) is 13.8. The van der Waals surface area contributed by atoms with Gasteiger partial charge >= 0.3 is 0 Å². The number of aromatic nitrogens is 2. The summed E-state index contributed by atoms with van der Waals surface area (Å²) in [5.41, 5.74) is 0.437. The Balaban J connectivity index is 1.67. The van der Waals surface area contributed by atoms with Crippen LogP contribution in [0.5, 0.6) is 0 Å². The highest BCUT2D eigenvalue weighted by Crippen LogP contribution is 2.36. The van der Waals surface area contributed by atoms with E-state index in [2.05, 4.69) is 27.5 Å². The van der Waals surface area contributed by atoms with E-state index in [4.69, 9.17) is 0 Å². The van der Waals surface area contributed by atoms with Crippen LogP contribution in [0.15, 0.2) is 36.1 Å². The molecule has 0 saturated carbocycles. The number of thioether (sulfide) groups is 1. The molecule has 1 atom stereocenters. The fourth-order valence-corrected chi connectivity index (χ4v) is 4.48. The van der Waals surface area contributed by atoms with Gasteiger partial charge in [0, 0.05) is 41.4 Å². The van der Waals surface area contributed by atoms with Crippen molar-refractivity contribution >= 4 is 29.0 Å². The molecule has 3 heterocycles. The molecule has 0 aromatic carbocycles. The number of thiophene rings is 1. The SMILES string of the molecule is O=C(c1cnccn1)N1CCSC(c2cccs2)CC1. The first kappa shape index (κ1) is 13.6. The number of hydrogen-bond acceptors (Lipinski definition) is 5. The van der Waals surface area contributed by atoms with Crippen molar-refractivity contribution < 1.29 is 4.79 Å². The number of amides is 1. The van der Waals surface area contributed by atoms with Crippen LogP contribution in [-0.2, 0) is 0 Å². The molecule has 20 heavy (non-hydrogen) atoms. The van der Waals surface area contributed by atoms with Gasteiger partial charge in [-0.3, -0.25) is 9.78 Å². The Hall–Kier alpha value is -1.40. The molecule has 1 fully saturated rings. The predicted octanol–water partition coefficient (Wildman–Crippen LogP) is 2.86. The van der Waals surface area contributed by atoms with Gasteiger partial charge in [0.1, 0.15) is 5.69 Å². The van der Waals surface area contributed by atoms with E-state index in [9.17, 15) is 4.79 Å². The van der Waals surface area contributed by atoms with Gasteiger partial charge in [-0.15, -0.1) is 11.3 Å². The average molecular weight is 305 g/mol. The standard InChI is InChI=1S/C14H15N3OS2/c18-14(11-10-15-4-5-16-11)17-6-3-13(20-9-7-17)12-2-1-8-19-12/h1-2,4-5,8,10,13H,3,6-7,9H2. The lowest BCUT2D eigenvalue weighted by atomic mass is 10.2. The molecule has 0 radical (unpaired) electrons. The fraction of sp³-hybridized carbons (Fsp3) is 0.357. The molecule has 1 aliphatic heterocycles. The van der Waals surface area contributed by atoms with Gasteiger partial charge in [-0.1, -0.05) is 6.07 Å². The van der Waals surface area contributed by atoms with Crippen molar-refractivity contribution in [2.24, 2.45) is 0 Å². The fourth-order valence-electron chi connectivity index (χ4n) is 2.25. The van der Waals surface area contributed by atoms with E-state index < -0.39 is 0 Å². The van der Waals surface area contributed by atoms with E-state index in [1.54, 1.807) is 23.7 Å². The largest absolute Gasteiger partial charge is 0.336 e. The number of carbonyl (C=O) groups excluding carboxylic acids is 1. The van der Waals surface area contributed by atoms with Crippen molar-refractivity contribution in [2.45, 2.75) is 11.7 Å². The highest BCUT2D eigenvalue weighted by atomic mass is 32.2. The molecule has 1 aliphatic rings. The molecule has 1 amide bonds. The van der Waals surface area contributed by atoms with Crippen LogP contribution in [0.3, 0.4) is 0 Å². The average Bonchev–Trinajstić information content (AvgIpc) is 2.92. The van der Waals surface area contributed by atoms with Gasteiger partial charge < -0.3 is 4.90 Å². The Morgan fingerprint density at radius 3 is 3.05 bits per heavy atom. The first-order chi connectivity index (χ1) is 9.84. The molecule has 3 rings (SSSR count). The molecule has 0 aliphatic carbocycles. The zero-order valence-electron chi connectivity index (χ0n) is 10.9. The number of carbonyl (C=O) groups is 1. The summed E-state index contributed by atoms with van der Waals surface area (Å²) in [5, 5.41) is 2.62. The molecule has 1 unspecified atom stereocenters. The van der Waals surface area contributed by atoms with Crippen LogP contribution in [0.2, 0.25) is 0 Å². The molecule has 2 aromatic heterocycles. The molecule has 0 bridgehead atoms. The zero-order valence-corrected chi connectivity index (χ0v) is 12.6. The lowest BCUT2D eigenvalue weighted by molar-refractivity contribution is 0.0760. The molecule has 0 N–H and O–H groups in total. The first-order valence-corrected chi connectivity index (χ1v) is 8.48. The molecule has 0 spiro atoms. The van der Waals surface area contributed by atoms with Crippen molar-refractivity contribution in [3.05, 3.63) is 46.7 Å². The van der Waals surface area contributed by atoms with E-state index in [0.717, 1.165) is 25.3 Å². The minimum Gasteiger partial charge on any atom is -0.336 e. The van der Waals surface area contributed by atoms with Crippen LogP contribution in [0.4, 0.5) is 0 Å². The van der Waals surface area contributed by atoms with E-state index in [1.165, 1.54) is 11.1 Å². The highest BCUT2D eigenvalue weighted by Gasteiger charge is 2.23. The Morgan fingerprint density at radius 2 is 2.30 bits per heavy atom. The van der Waals surface area contributed by atoms with E-state index >= 15 is 0 Å². The lowest BCUT2D eigenvalue weighted by Crippen LogP contribution is -2.33. The Labute approximate surface area is 126 Å². The minimum atomic E-state index is -0.00877. The predicted molar refractivity (Wildman–Crippen MR) is 82.1 cm³/mol. The second-order valence-corrected chi connectivity index (χ2v) is 6.84. The molecular formula is C14H15N3OS2. The van der Waals surface area contributed by atoms with Crippen LogP contribution in [0.1, 0.15) is 27.0 Å². The maximum atomic E-state index is 12.4. The minimum absolute atomic E-state index is 0.00877. The molecule has 104 valence electrons. The summed E-state index contributed by atoms with van der Waals surface area (Å²) in [5.74, 6) is 0.958. The van der Waals surface area contributed by atoms with Crippen molar-refractivity contribution in [2.75, 3.05) is 18.8 Å². The van der Waals surface area contributed by atoms with Crippen molar-refractivity contribution in [3.8, 4) is 0 Å². The van der Waals surface area contributed by atoms with Gasteiger partial charge in [-0.25, -0.2) is 4.98 Å². The maximum Gasteiger partial charge on any atom is 0.274 e. The molecule has 4 nitrogen and oxygen atoms in total. The maximum absolute atomic E-state index is 12.4. The summed E-state index contributed by atoms with van der Waals surface area (Å²) in [6.07, 6.45) is 5.68. The van der Waals surface area contributed by atoms with Crippen molar-refractivity contribution in [1.29, 1.82) is 0 Å². The van der Waals surface area contributed by atoms with Gasteiger partial charge in [0.15, 0.2) is 0 Å². The monoisotopic (exact) mass is 305 g/mol. The second kappa shape index (κ2) is 6.37. The van der Waals surface area contributed by atoms with Crippen LogP contribution in [0, 0.1) is 0 Å². The molecule has 1 saturated heterocycles. The topological polar surface area (TPSA) is 46.1 Å². The Morgan fingerprint density at radius 1 is 1.35 bits per heavy atom. The Bertz CT molecular complexity index is 559. The third kappa shape index (κ3) is 3.02. The normalized spacial score (nSPS) is 19.6. The lowest BCUT2D eigenvalue weighted by Gasteiger charge is -2.19. The van der Waals surface area contributed by atoms with Gasteiger partial charge in [-0.05, 0) is 17.9 Å². The number of rotatable bonds is 2. The van der Waals surface area contributed by atoms with E-state index in [-0.39, 0.29) is 5.91 Å². The van der Waals surface area contributed by atoms with Crippen LogP contribution >= 0.6 is 23.1 Å². The van der Waals surface area contributed by atoms with Gasteiger partial charge in [0.05, 0.1) is 6.20 Å². The van der Waals surface area contributed by atoms with Gasteiger partial charge in [0.2, 0.25) is 0 Å². The first-order valence-electron chi connectivity index (χ1n) is 6.55. The van der Waals surface area contributed by atoms with Gasteiger partial charge in [-0.2, -0.15) is 11.8 Å². The molecule has 2 aromatic rings. The summed E-state index contributed by atoms with van der Waals surface area (Å²) < 4.78 is 0. The third-order valence-corrected chi connectivity index (χ3v) is 5.72. The summed E-state index contributed by atoms with van der Waals surface area (Å²) in [7, 11) is 0. The highest BCUT2D eigenvalue weighted by molar-refractivity contribution is 7.99. The van der Waals surface area contributed by atoms with Crippen LogP contribution in [0.25, 0.3) is 0 Å². The molecule has 6 heteroatoms. The number of hydrogen-bond donors (Lipinski definition) is 0. The summed E-state index contributed by atoms with van der Waals surface area (Å²) in [6, 6.07) is 4.27. The smallest absolute Gasteiger partial charge is 0.274 e. The van der Waals surface area contributed by atoms with Gasteiger partial charge in [0.25, 0.3) is 5.91 Å². The Kier molecular flexibility index (Phi) is 4.32. The molecular weight excluding hydrogens is 290 g/mol. The van der Waals surface area contributed by atoms with E-state index in [0.29, 0.717) is 10.9 Å². The summed E-state index contributed by atoms with van der Waals surface area (Å²) >= 11 is 3.74. The quantitative estimate of drug-likeness (QED) is 0.856. The van der Waals surface area contributed by atoms with E-state index in [1.807, 2.05) is 16.7 Å².